The first-order chi connectivity index (χ1) is 19.6. The summed E-state index contributed by atoms with van der Waals surface area (Å²) in [5.41, 5.74) is 6.97. The summed E-state index contributed by atoms with van der Waals surface area (Å²) in [5.74, 6) is 1.74. The maximum absolute atomic E-state index is 14.2. The fourth-order valence-electron chi connectivity index (χ4n) is 5.50. The Morgan fingerprint density at radius 3 is 2.35 bits per heavy atom. The highest BCUT2D eigenvalue weighted by Gasteiger charge is 2.36. The first kappa shape index (κ1) is 25.5. The number of aryl methyl sites for hydroxylation is 2. The number of fused-ring (bicyclic) bond motifs is 3. The molecule has 0 radical (unpaired) electrons. The minimum atomic E-state index is -0.336. The number of amides is 2. The molecule has 1 aliphatic heterocycles. The van der Waals surface area contributed by atoms with Crippen molar-refractivity contribution >= 4 is 11.7 Å². The molecular formula is C33H33N5O2. The number of carbonyl (C=O) groups is 1. The van der Waals surface area contributed by atoms with Gasteiger partial charge >= 0.3 is 6.03 Å². The minimum Gasteiger partial charge on any atom is -0.497 e. The standard InChI is InChI=1S/C33H33N5O2/c1-4-23-13-17-25(18-14-23)34-33(39)37-22-28-29(5-2)35-38(26-10-7-6-8-11-26)32(28)36-21-9-12-30(36)31(37)24-15-19-27(40-3)20-16-24/h6-21,31H,4-5,22H2,1-3H3,(H,34,39)/t31-/m1/s1. The molecule has 202 valence electrons. The van der Waals surface area contributed by atoms with E-state index in [1.165, 1.54) is 5.56 Å². The van der Waals surface area contributed by atoms with Gasteiger partial charge in [0, 0.05) is 17.4 Å². The Labute approximate surface area is 234 Å². The summed E-state index contributed by atoms with van der Waals surface area (Å²) in [6.45, 7) is 4.64. The third-order valence-corrected chi connectivity index (χ3v) is 7.61. The normalized spacial score (nSPS) is 14.3. The van der Waals surface area contributed by atoms with Crippen molar-refractivity contribution in [3.8, 4) is 17.3 Å². The molecule has 0 saturated heterocycles. The molecule has 3 heterocycles. The second kappa shape index (κ2) is 10.8. The van der Waals surface area contributed by atoms with Crippen molar-refractivity contribution in [2.45, 2.75) is 39.3 Å². The molecular weight excluding hydrogens is 498 g/mol. The van der Waals surface area contributed by atoms with Crippen LogP contribution in [0.2, 0.25) is 0 Å². The minimum absolute atomic E-state index is 0.166. The van der Waals surface area contributed by atoms with E-state index in [9.17, 15) is 4.79 Å². The Morgan fingerprint density at radius 2 is 1.68 bits per heavy atom. The van der Waals surface area contributed by atoms with Gasteiger partial charge in [0.15, 0.2) is 0 Å². The van der Waals surface area contributed by atoms with Gasteiger partial charge in [-0.05, 0) is 72.5 Å². The molecule has 0 spiro atoms. The number of ether oxygens (including phenoxy) is 1. The van der Waals surface area contributed by atoms with Gasteiger partial charge in [0.25, 0.3) is 0 Å². The third kappa shape index (κ3) is 4.53. The molecule has 1 aliphatic rings. The average Bonchev–Trinajstić information content (AvgIpc) is 3.59. The zero-order valence-electron chi connectivity index (χ0n) is 23.0. The molecule has 0 unspecified atom stereocenters. The second-order valence-electron chi connectivity index (χ2n) is 9.94. The van der Waals surface area contributed by atoms with Crippen molar-refractivity contribution in [3.05, 3.63) is 125 Å². The van der Waals surface area contributed by atoms with Crippen LogP contribution in [0.25, 0.3) is 11.5 Å². The number of nitrogens with one attached hydrogen (secondary N) is 1. The zero-order valence-corrected chi connectivity index (χ0v) is 23.0. The highest BCUT2D eigenvalue weighted by atomic mass is 16.5. The number of anilines is 1. The van der Waals surface area contributed by atoms with Crippen LogP contribution < -0.4 is 10.1 Å². The van der Waals surface area contributed by atoms with E-state index in [1.54, 1.807) is 7.11 Å². The van der Waals surface area contributed by atoms with E-state index in [0.717, 1.165) is 58.3 Å². The van der Waals surface area contributed by atoms with Gasteiger partial charge in [-0.3, -0.25) is 0 Å². The summed E-state index contributed by atoms with van der Waals surface area (Å²) >= 11 is 0. The third-order valence-electron chi connectivity index (χ3n) is 7.61. The number of aromatic nitrogens is 3. The SMILES string of the molecule is CCc1ccc(NC(=O)N2Cc3c(CC)nn(-c4ccccc4)c3-n3cccc3[C@H]2c2ccc(OC)cc2)cc1. The van der Waals surface area contributed by atoms with Gasteiger partial charge in [-0.15, -0.1) is 0 Å². The van der Waals surface area contributed by atoms with Gasteiger partial charge < -0.3 is 19.5 Å². The van der Waals surface area contributed by atoms with E-state index in [1.807, 2.05) is 70.2 Å². The number of benzene rings is 3. The maximum Gasteiger partial charge on any atom is 0.322 e. The fourth-order valence-corrected chi connectivity index (χ4v) is 5.50. The van der Waals surface area contributed by atoms with Crippen molar-refractivity contribution in [2.24, 2.45) is 0 Å². The number of nitrogens with zero attached hydrogens (tertiary/aromatic N) is 4. The molecule has 0 fully saturated rings. The number of carbonyl (C=O) groups excluding carboxylic acids is 1. The average molecular weight is 532 g/mol. The molecule has 5 aromatic rings. The molecule has 0 saturated carbocycles. The predicted molar refractivity (Wildman–Crippen MR) is 157 cm³/mol. The van der Waals surface area contributed by atoms with Gasteiger partial charge in [-0.1, -0.05) is 56.3 Å². The van der Waals surface area contributed by atoms with Crippen molar-refractivity contribution in [2.75, 3.05) is 12.4 Å². The summed E-state index contributed by atoms with van der Waals surface area (Å²) in [6.07, 6.45) is 3.76. The van der Waals surface area contributed by atoms with Crippen molar-refractivity contribution < 1.29 is 9.53 Å². The van der Waals surface area contributed by atoms with E-state index in [2.05, 4.69) is 60.3 Å². The highest BCUT2D eigenvalue weighted by molar-refractivity contribution is 5.90. The Morgan fingerprint density at radius 1 is 0.925 bits per heavy atom. The topological polar surface area (TPSA) is 64.3 Å². The lowest BCUT2D eigenvalue weighted by Crippen LogP contribution is -2.38. The Hall–Kier alpha value is -4.78. The molecule has 1 N–H and O–H groups in total. The number of rotatable bonds is 6. The highest BCUT2D eigenvalue weighted by Crippen LogP contribution is 2.39. The van der Waals surface area contributed by atoms with E-state index in [4.69, 9.17) is 9.84 Å². The quantitative estimate of drug-likeness (QED) is 0.258. The van der Waals surface area contributed by atoms with E-state index < -0.39 is 0 Å². The van der Waals surface area contributed by atoms with Crippen LogP contribution in [-0.2, 0) is 19.4 Å². The molecule has 2 amide bonds. The molecule has 2 aromatic heterocycles. The molecule has 7 nitrogen and oxygen atoms in total. The van der Waals surface area contributed by atoms with Crippen molar-refractivity contribution in [1.82, 2.24) is 19.2 Å². The number of methoxy groups -OCH3 is 1. The van der Waals surface area contributed by atoms with Crippen molar-refractivity contribution in [1.29, 1.82) is 0 Å². The monoisotopic (exact) mass is 531 g/mol. The van der Waals surface area contributed by atoms with Crippen LogP contribution in [0.4, 0.5) is 10.5 Å². The van der Waals surface area contributed by atoms with E-state index in [-0.39, 0.29) is 12.1 Å². The van der Waals surface area contributed by atoms with Crippen LogP contribution in [0.1, 0.15) is 48.0 Å². The van der Waals surface area contributed by atoms with Crippen LogP contribution in [0.15, 0.2) is 97.2 Å². The number of hydrogen-bond acceptors (Lipinski definition) is 3. The van der Waals surface area contributed by atoms with Gasteiger partial charge in [-0.25, -0.2) is 9.48 Å². The maximum atomic E-state index is 14.2. The molecule has 0 aliphatic carbocycles. The summed E-state index contributed by atoms with van der Waals surface area (Å²) in [6, 6.07) is 29.8. The largest absolute Gasteiger partial charge is 0.497 e. The van der Waals surface area contributed by atoms with Crippen molar-refractivity contribution in [3.63, 3.8) is 0 Å². The van der Waals surface area contributed by atoms with Crippen LogP contribution in [0, 0.1) is 0 Å². The summed E-state index contributed by atoms with van der Waals surface area (Å²) < 4.78 is 9.63. The van der Waals surface area contributed by atoms with Gasteiger partial charge in [0.05, 0.1) is 36.8 Å². The first-order valence-corrected chi connectivity index (χ1v) is 13.8. The van der Waals surface area contributed by atoms with Gasteiger partial charge in [0.2, 0.25) is 0 Å². The van der Waals surface area contributed by atoms with Gasteiger partial charge in [-0.2, -0.15) is 5.10 Å². The lowest BCUT2D eigenvalue weighted by molar-refractivity contribution is 0.194. The summed E-state index contributed by atoms with van der Waals surface area (Å²) in [5, 5.41) is 8.21. The van der Waals surface area contributed by atoms with Crippen LogP contribution in [0.5, 0.6) is 5.75 Å². The van der Waals surface area contributed by atoms with Crippen LogP contribution >= 0.6 is 0 Å². The van der Waals surface area contributed by atoms with E-state index in [0.29, 0.717) is 6.54 Å². The molecule has 40 heavy (non-hydrogen) atoms. The number of urea groups is 1. The molecule has 6 rings (SSSR count). The lowest BCUT2D eigenvalue weighted by Gasteiger charge is -2.31. The summed E-state index contributed by atoms with van der Waals surface area (Å²) in [4.78, 5) is 16.1. The Bertz CT molecular complexity index is 1620. The predicted octanol–water partition coefficient (Wildman–Crippen LogP) is 6.93. The van der Waals surface area contributed by atoms with Crippen LogP contribution in [-0.4, -0.2) is 32.4 Å². The van der Waals surface area contributed by atoms with Crippen LogP contribution in [0.3, 0.4) is 0 Å². The first-order valence-electron chi connectivity index (χ1n) is 13.8. The number of para-hydroxylation sites is 1. The fraction of sp³-hybridized carbons (Fsp3) is 0.212. The smallest absolute Gasteiger partial charge is 0.322 e. The molecule has 1 atom stereocenters. The zero-order chi connectivity index (χ0) is 27.6. The van der Waals surface area contributed by atoms with Gasteiger partial charge in [0.1, 0.15) is 11.6 Å². The Kier molecular flexibility index (Phi) is 6.86. The summed E-state index contributed by atoms with van der Waals surface area (Å²) in [7, 11) is 1.66. The van der Waals surface area contributed by atoms with E-state index >= 15 is 0 Å². The number of hydrogen-bond donors (Lipinski definition) is 1. The molecule has 7 heteroatoms. The Balaban J connectivity index is 1.51. The second-order valence-corrected chi connectivity index (χ2v) is 9.94. The lowest BCUT2D eigenvalue weighted by atomic mass is 10.0. The molecule has 0 bridgehead atoms. The molecule has 3 aromatic carbocycles.